The molecule has 3 rings (SSSR count). The van der Waals surface area contributed by atoms with Gasteiger partial charge in [0, 0.05) is 6.04 Å². The fraction of sp³-hybridized carbons (Fsp3) is 0.318. The van der Waals surface area contributed by atoms with Crippen LogP contribution in [-0.4, -0.2) is 31.2 Å². The monoisotopic (exact) mass is 351 g/mol. The third kappa shape index (κ3) is 4.59. The van der Waals surface area contributed by atoms with Crippen molar-refractivity contribution in [2.45, 2.75) is 25.3 Å². The number of hydrogen-bond acceptors (Lipinski definition) is 4. The van der Waals surface area contributed by atoms with Crippen molar-refractivity contribution in [2.24, 2.45) is 0 Å². The third-order valence-electron chi connectivity index (χ3n) is 4.83. The Morgan fingerprint density at radius 1 is 1.27 bits per heavy atom. The van der Waals surface area contributed by atoms with E-state index >= 15 is 0 Å². The molecule has 2 aromatic rings. The first kappa shape index (κ1) is 18.4. The predicted octanol–water partition coefficient (Wildman–Crippen LogP) is 3.09. The van der Waals surface area contributed by atoms with Crippen LogP contribution in [0.25, 0.3) is 6.08 Å². The number of benzene rings is 2. The number of hydrogen-bond donors (Lipinski definition) is 2. The largest absolute Gasteiger partial charge is 0.497 e. The number of fused-ring (bicyclic) bond motifs is 1. The van der Waals surface area contributed by atoms with Crippen molar-refractivity contribution in [3.63, 3.8) is 0 Å². The van der Waals surface area contributed by atoms with Gasteiger partial charge in [-0.3, -0.25) is 4.79 Å². The second-order valence-electron chi connectivity index (χ2n) is 6.56. The zero-order chi connectivity index (χ0) is 18.4. The molecule has 4 nitrogen and oxygen atoms in total. The van der Waals surface area contributed by atoms with E-state index in [1.165, 1.54) is 22.8 Å². The van der Waals surface area contributed by atoms with Gasteiger partial charge in [0.25, 0.3) is 0 Å². The van der Waals surface area contributed by atoms with Crippen LogP contribution in [-0.2, 0) is 17.6 Å². The smallest absolute Gasteiger partial charge is 0.181 e. The highest BCUT2D eigenvalue weighted by molar-refractivity contribution is 5.94. The Hall–Kier alpha value is -2.43. The first-order valence-electron chi connectivity index (χ1n) is 9.00. The Bertz CT molecular complexity index is 780. The number of aryl methyl sites for hydroxylation is 1. The van der Waals surface area contributed by atoms with Crippen molar-refractivity contribution in [2.75, 3.05) is 20.3 Å². The highest BCUT2D eigenvalue weighted by Crippen LogP contribution is 2.32. The number of aliphatic hydroxyl groups is 1. The molecule has 0 spiro atoms. The predicted molar refractivity (Wildman–Crippen MR) is 103 cm³/mol. The van der Waals surface area contributed by atoms with Crippen LogP contribution in [0.15, 0.2) is 48.5 Å². The summed E-state index contributed by atoms with van der Waals surface area (Å²) in [5, 5.41) is 12.4. The zero-order valence-corrected chi connectivity index (χ0v) is 15.1. The number of carbonyl (C=O) groups is 1. The van der Waals surface area contributed by atoms with Gasteiger partial charge < -0.3 is 15.2 Å². The minimum atomic E-state index is -0.443. The average molecular weight is 351 g/mol. The molecule has 26 heavy (non-hydrogen) atoms. The second-order valence-corrected chi connectivity index (χ2v) is 6.56. The van der Waals surface area contributed by atoms with Gasteiger partial charge in [-0.1, -0.05) is 36.4 Å². The van der Waals surface area contributed by atoms with Crippen LogP contribution in [0, 0.1) is 0 Å². The lowest BCUT2D eigenvalue weighted by molar-refractivity contribution is -0.117. The summed E-state index contributed by atoms with van der Waals surface area (Å²) in [6.45, 7) is 0.491. The van der Waals surface area contributed by atoms with E-state index < -0.39 is 6.61 Å². The summed E-state index contributed by atoms with van der Waals surface area (Å²) in [4.78, 5) is 11.2. The summed E-state index contributed by atoms with van der Waals surface area (Å²) in [6.07, 6.45) is 6.33. The number of aliphatic hydroxyl groups excluding tert-OH is 1. The Balaban J connectivity index is 1.55. The van der Waals surface area contributed by atoms with Gasteiger partial charge in [0.1, 0.15) is 12.4 Å². The summed E-state index contributed by atoms with van der Waals surface area (Å²) in [5.41, 5.74) is 4.99. The summed E-state index contributed by atoms with van der Waals surface area (Å²) >= 11 is 0. The van der Waals surface area contributed by atoms with E-state index in [2.05, 4.69) is 29.6 Å². The van der Waals surface area contributed by atoms with Gasteiger partial charge in [-0.2, -0.15) is 0 Å². The molecular weight excluding hydrogens is 326 g/mol. The molecule has 1 atom stereocenters. The fourth-order valence-electron chi connectivity index (χ4n) is 3.38. The highest BCUT2D eigenvalue weighted by atomic mass is 16.5. The normalized spacial score (nSPS) is 16.0. The summed E-state index contributed by atoms with van der Waals surface area (Å²) < 4.78 is 5.19. The number of ether oxygens (including phenoxy) is 1. The van der Waals surface area contributed by atoms with Crippen LogP contribution in [0.2, 0.25) is 0 Å². The van der Waals surface area contributed by atoms with Crippen LogP contribution >= 0.6 is 0 Å². The van der Waals surface area contributed by atoms with Crippen LogP contribution in [0.5, 0.6) is 5.75 Å². The number of nitrogens with one attached hydrogen (secondary N) is 1. The van der Waals surface area contributed by atoms with Gasteiger partial charge in [0.15, 0.2) is 5.78 Å². The lowest BCUT2D eigenvalue weighted by Crippen LogP contribution is -2.21. The summed E-state index contributed by atoms with van der Waals surface area (Å²) in [7, 11) is 1.68. The fourth-order valence-corrected chi connectivity index (χ4v) is 3.38. The van der Waals surface area contributed by atoms with Gasteiger partial charge in [-0.15, -0.1) is 0 Å². The standard InChI is InChI=1S/C22H25NO3/c1-26-20-8-3-16(4-9-20)12-13-23-22-11-6-18-14-17(5-10-21(18)22)2-7-19(25)15-24/h2-5,7-10,14,22-24H,6,11-13,15H2,1H3/b7-2+. The molecular formula is C22H25NO3. The molecule has 0 heterocycles. The average Bonchev–Trinajstić information content (AvgIpc) is 3.09. The van der Waals surface area contributed by atoms with Crippen LogP contribution in [0.4, 0.5) is 0 Å². The van der Waals surface area contributed by atoms with Gasteiger partial charge in [0.05, 0.1) is 7.11 Å². The lowest BCUT2D eigenvalue weighted by Gasteiger charge is -2.14. The first-order chi connectivity index (χ1) is 12.7. The maximum Gasteiger partial charge on any atom is 0.181 e. The van der Waals surface area contributed by atoms with Crippen molar-refractivity contribution in [3.05, 3.63) is 70.8 Å². The molecule has 0 aliphatic heterocycles. The zero-order valence-electron chi connectivity index (χ0n) is 15.1. The van der Waals surface area contributed by atoms with E-state index in [0.717, 1.165) is 37.1 Å². The van der Waals surface area contributed by atoms with Gasteiger partial charge >= 0.3 is 0 Å². The number of methoxy groups -OCH3 is 1. The quantitative estimate of drug-likeness (QED) is 0.718. The highest BCUT2D eigenvalue weighted by Gasteiger charge is 2.21. The number of rotatable bonds is 8. The van der Waals surface area contributed by atoms with E-state index in [4.69, 9.17) is 9.84 Å². The van der Waals surface area contributed by atoms with Crippen molar-refractivity contribution in [1.82, 2.24) is 5.32 Å². The molecule has 0 saturated heterocycles. The molecule has 0 fully saturated rings. The van der Waals surface area contributed by atoms with Crippen LogP contribution in [0.3, 0.4) is 0 Å². The Kier molecular flexibility index (Phi) is 6.21. The Morgan fingerprint density at radius 2 is 2.08 bits per heavy atom. The van der Waals surface area contributed by atoms with E-state index in [1.54, 1.807) is 13.2 Å². The second kappa shape index (κ2) is 8.79. The SMILES string of the molecule is COc1ccc(CCNC2CCc3cc(/C=C/C(=O)CO)ccc32)cc1. The summed E-state index contributed by atoms with van der Waals surface area (Å²) in [6, 6.07) is 14.9. The van der Waals surface area contributed by atoms with Gasteiger partial charge in [-0.05, 0) is 66.3 Å². The van der Waals surface area contributed by atoms with E-state index in [9.17, 15) is 4.79 Å². The molecule has 4 heteroatoms. The third-order valence-corrected chi connectivity index (χ3v) is 4.83. The number of ketones is 1. The molecule has 0 amide bonds. The first-order valence-corrected chi connectivity index (χ1v) is 9.00. The van der Waals surface area contributed by atoms with E-state index in [1.807, 2.05) is 18.2 Å². The molecule has 2 aromatic carbocycles. The molecule has 1 aliphatic rings. The minimum Gasteiger partial charge on any atom is -0.497 e. The number of carbonyl (C=O) groups excluding carboxylic acids is 1. The molecule has 0 aromatic heterocycles. The van der Waals surface area contributed by atoms with Gasteiger partial charge in [-0.25, -0.2) is 0 Å². The van der Waals surface area contributed by atoms with E-state index in [0.29, 0.717) is 6.04 Å². The molecule has 1 aliphatic carbocycles. The summed E-state index contributed by atoms with van der Waals surface area (Å²) in [5.74, 6) is 0.612. The maximum absolute atomic E-state index is 11.2. The molecule has 0 saturated carbocycles. The lowest BCUT2D eigenvalue weighted by atomic mass is 10.0. The molecule has 1 unspecified atom stereocenters. The van der Waals surface area contributed by atoms with Crippen molar-refractivity contribution < 1.29 is 14.6 Å². The Labute approximate surface area is 154 Å². The van der Waals surface area contributed by atoms with Crippen LogP contribution < -0.4 is 10.1 Å². The molecule has 0 radical (unpaired) electrons. The van der Waals surface area contributed by atoms with Crippen molar-refractivity contribution in [3.8, 4) is 5.75 Å². The van der Waals surface area contributed by atoms with Crippen LogP contribution in [0.1, 0.15) is 34.7 Å². The van der Waals surface area contributed by atoms with Crippen molar-refractivity contribution >= 4 is 11.9 Å². The maximum atomic E-state index is 11.2. The molecule has 136 valence electrons. The molecule has 0 bridgehead atoms. The van der Waals surface area contributed by atoms with Gasteiger partial charge in [0.2, 0.25) is 0 Å². The van der Waals surface area contributed by atoms with E-state index in [-0.39, 0.29) is 5.78 Å². The Morgan fingerprint density at radius 3 is 2.81 bits per heavy atom. The topological polar surface area (TPSA) is 58.6 Å². The van der Waals surface area contributed by atoms with Crippen molar-refractivity contribution in [1.29, 1.82) is 0 Å². The molecule has 2 N–H and O–H groups in total. The minimum absolute atomic E-state index is 0.274.